The predicted molar refractivity (Wildman–Crippen MR) is 119 cm³/mol. The number of fused-ring (bicyclic) bond motifs is 1. The van der Waals surface area contributed by atoms with Crippen LogP contribution in [0.25, 0.3) is 10.9 Å². The summed E-state index contributed by atoms with van der Waals surface area (Å²) in [6.45, 7) is 4.57. The van der Waals surface area contributed by atoms with Crippen LogP contribution in [0.15, 0.2) is 48.7 Å². The van der Waals surface area contributed by atoms with Gasteiger partial charge in [0, 0.05) is 23.7 Å². The van der Waals surface area contributed by atoms with Gasteiger partial charge in [0.05, 0.1) is 17.9 Å². The summed E-state index contributed by atoms with van der Waals surface area (Å²) in [5.41, 5.74) is 4.27. The number of benzene rings is 2. The number of pyridine rings is 1. The predicted octanol–water partition coefficient (Wildman–Crippen LogP) is 6.01. The lowest BCUT2D eigenvalue weighted by Gasteiger charge is -2.17. The Balaban J connectivity index is 2.07. The van der Waals surface area contributed by atoms with E-state index in [9.17, 15) is 4.79 Å². The van der Waals surface area contributed by atoms with Crippen LogP contribution >= 0.6 is 11.8 Å². The standard InChI is InChI=1S/C23H26N2O2S/c1-4-20(26)18-15-24-23-17(10-7-12-21(23)27-13-8-14-28-3)22(18)25-19-11-6-5-9-16(19)2/h5-7,9-12,15H,4,8,13-14H2,1-3H3,(H,24,25). The maximum absolute atomic E-state index is 12.6. The molecule has 4 nitrogen and oxygen atoms in total. The molecule has 0 saturated heterocycles. The highest BCUT2D eigenvalue weighted by Gasteiger charge is 2.17. The van der Waals surface area contributed by atoms with Crippen LogP contribution in [0.4, 0.5) is 11.4 Å². The van der Waals surface area contributed by atoms with E-state index in [-0.39, 0.29) is 5.78 Å². The van der Waals surface area contributed by atoms with Gasteiger partial charge in [-0.2, -0.15) is 11.8 Å². The molecule has 0 saturated carbocycles. The molecule has 0 amide bonds. The van der Waals surface area contributed by atoms with Crippen molar-refractivity contribution in [2.75, 3.05) is 23.9 Å². The Kier molecular flexibility index (Phi) is 6.93. The monoisotopic (exact) mass is 394 g/mol. The van der Waals surface area contributed by atoms with Gasteiger partial charge in [-0.25, -0.2) is 0 Å². The lowest BCUT2D eigenvalue weighted by Crippen LogP contribution is -2.06. The molecule has 28 heavy (non-hydrogen) atoms. The zero-order chi connectivity index (χ0) is 19.9. The Labute approximate surface area is 170 Å². The van der Waals surface area contributed by atoms with Crippen molar-refractivity contribution in [2.45, 2.75) is 26.7 Å². The fraction of sp³-hybridized carbons (Fsp3) is 0.304. The van der Waals surface area contributed by atoms with Crippen molar-refractivity contribution < 1.29 is 9.53 Å². The molecule has 3 aromatic rings. The number of Topliss-reactive ketones (excluding diaryl/α,β-unsaturated/α-hetero) is 1. The molecule has 2 aromatic carbocycles. The van der Waals surface area contributed by atoms with E-state index in [2.05, 4.69) is 16.6 Å². The van der Waals surface area contributed by atoms with Crippen LogP contribution in [0.3, 0.4) is 0 Å². The average Bonchev–Trinajstić information content (AvgIpc) is 2.72. The van der Waals surface area contributed by atoms with Crippen molar-refractivity contribution >= 4 is 39.8 Å². The zero-order valence-corrected chi connectivity index (χ0v) is 17.4. The van der Waals surface area contributed by atoms with Gasteiger partial charge in [-0.1, -0.05) is 37.3 Å². The highest BCUT2D eigenvalue weighted by Crippen LogP contribution is 2.34. The average molecular weight is 395 g/mol. The van der Waals surface area contributed by atoms with E-state index in [0.29, 0.717) is 18.6 Å². The normalized spacial score (nSPS) is 10.8. The number of ether oxygens (including phenoxy) is 1. The molecule has 0 spiro atoms. The number of aromatic nitrogens is 1. The number of anilines is 2. The molecular formula is C23H26N2O2S. The minimum absolute atomic E-state index is 0.0665. The smallest absolute Gasteiger partial charge is 0.166 e. The number of aryl methyl sites for hydroxylation is 1. The number of nitrogens with zero attached hydrogens (tertiary/aromatic N) is 1. The molecule has 0 radical (unpaired) electrons. The summed E-state index contributed by atoms with van der Waals surface area (Å²) in [6, 6.07) is 13.9. The molecule has 1 N–H and O–H groups in total. The number of rotatable bonds is 9. The Morgan fingerprint density at radius 2 is 2.00 bits per heavy atom. The van der Waals surface area contributed by atoms with E-state index < -0.39 is 0 Å². The summed E-state index contributed by atoms with van der Waals surface area (Å²) in [5.74, 6) is 1.88. The van der Waals surface area contributed by atoms with Gasteiger partial charge in [0.25, 0.3) is 0 Å². The van der Waals surface area contributed by atoms with E-state index in [1.165, 1.54) is 0 Å². The summed E-state index contributed by atoms with van der Waals surface area (Å²) in [4.78, 5) is 17.2. The number of hydrogen-bond acceptors (Lipinski definition) is 5. The van der Waals surface area contributed by atoms with E-state index in [1.807, 2.05) is 68.1 Å². The third-order valence-corrected chi connectivity index (χ3v) is 5.33. The topological polar surface area (TPSA) is 51.2 Å². The largest absolute Gasteiger partial charge is 0.491 e. The Morgan fingerprint density at radius 1 is 1.18 bits per heavy atom. The minimum Gasteiger partial charge on any atom is -0.491 e. The number of nitrogens with one attached hydrogen (secondary N) is 1. The number of thioether (sulfide) groups is 1. The van der Waals surface area contributed by atoms with Crippen molar-refractivity contribution in [1.29, 1.82) is 0 Å². The van der Waals surface area contributed by atoms with Gasteiger partial charge in [0.1, 0.15) is 11.3 Å². The van der Waals surface area contributed by atoms with Gasteiger partial charge >= 0.3 is 0 Å². The zero-order valence-electron chi connectivity index (χ0n) is 16.6. The number of carbonyl (C=O) groups is 1. The SMILES string of the molecule is CCC(=O)c1cnc2c(OCCCSC)cccc2c1Nc1ccccc1C. The second-order valence-electron chi connectivity index (χ2n) is 6.61. The molecule has 1 heterocycles. The lowest BCUT2D eigenvalue weighted by atomic mass is 10.0. The first-order chi connectivity index (χ1) is 13.7. The number of hydrogen-bond donors (Lipinski definition) is 1. The van der Waals surface area contributed by atoms with Gasteiger partial charge in [-0.15, -0.1) is 0 Å². The molecule has 0 aliphatic heterocycles. The second-order valence-corrected chi connectivity index (χ2v) is 7.60. The third kappa shape index (κ3) is 4.47. The molecular weight excluding hydrogens is 368 g/mol. The quantitative estimate of drug-likeness (QED) is 0.356. The van der Waals surface area contributed by atoms with Crippen LogP contribution in [0.1, 0.15) is 35.7 Å². The van der Waals surface area contributed by atoms with Crippen LogP contribution in [0, 0.1) is 6.92 Å². The number of ketones is 1. The minimum atomic E-state index is 0.0665. The summed E-state index contributed by atoms with van der Waals surface area (Å²) in [7, 11) is 0. The van der Waals surface area contributed by atoms with E-state index in [0.717, 1.165) is 45.8 Å². The van der Waals surface area contributed by atoms with Crippen LogP contribution < -0.4 is 10.1 Å². The van der Waals surface area contributed by atoms with Crippen molar-refractivity contribution in [3.63, 3.8) is 0 Å². The van der Waals surface area contributed by atoms with Crippen molar-refractivity contribution in [3.05, 3.63) is 59.8 Å². The first-order valence-corrected chi connectivity index (χ1v) is 10.9. The third-order valence-electron chi connectivity index (χ3n) is 4.64. The van der Waals surface area contributed by atoms with E-state index in [4.69, 9.17) is 4.74 Å². The molecule has 5 heteroatoms. The molecule has 0 aliphatic rings. The van der Waals surface area contributed by atoms with E-state index >= 15 is 0 Å². The van der Waals surface area contributed by atoms with Crippen LogP contribution in [-0.4, -0.2) is 29.4 Å². The Bertz CT molecular complexity index is 972. The number of carbonyl (C=O) groups excluding carboxylic acids is 1. The fourth-order valence-electron chi connectivity index (χ4n) is 3.08. The fourth-order valence-corrected chi connectivity index (χ4v) is 3.49. The summed E-state index contributed by atoms with van der Waals surface area (Å²) >= 11 is 1.81. The van der Waals surface area contributed by atoms with E-state index in [1.54, 1.807) is 6.20 Å². The lowest BCUT2D eigenvalue weighted by molar-refractivity contribution is 0.0988. The van der Waals surface area contributed by atoms with Crippen molar-refractivity contribution in [1.82, 2.24) is 4.98 Å². The van der Waals surface area contributed by atoms with Crippen molar-refractivity contribution in [3.8, 4) is 5.75 Å². The highest BCUT2D eigenvalue weighted by atomic mass is 32.2. The van der Waals surface area contributed by atoms with Crippen LogP contribution in [-0.2, 0) is 0 Å². The molecule has 1 aromatic heterocycles. The summed E-state index contributed by atoms with van der Waals surface area (Å²) in [5, 5.41) is 4.38. The highest BCUT2D eigenvalue weighted by molar-refractivity contribution is 7.98. The van der Waals surface area contributed by atoms with Crippen LogP contribution in [0.2, 0.25) is 0 Å². The summed E-state index contributed by atoms with van der Waals surface area (Å²) in [6.07, 6.45) is 5.18. The molecule has 0 atom stereocenters. The molecule has 0 unspecified atom stereocenters. The van der Waals surface area contributed by atoms with Crippen LogP contribution in [0.5, 0.6) is 5.75 Å². The second kappa shape index (κ2) is 9.60. The molecule has 0 fully saturated rings. The van der Waals surface area contributed by atoms with Gasteiger partial charge in [-0.05, 0) is 43.0 Å². The maximum Gasteiger partial charge on any atom is 0.166 e. The molecule has 3 rings (SSSR count). The Morgan fingerprint density at radius 3 is 2.75 bits per heavy atom. The molecule has 0 aliphatic carbocycles. The van der Waals surface area contributed by atoms with Gasteiger partial charge in [-0.3, -0.25) is 9.78 Å². The Hall–Kier alpha value is -2.53. The molecule has 146 valence electrons. The van der Waals surface area contributed by atoms with Crippen molar-refractivity contribution in [2.24, 2.45) is 0 Å². The van der Waals surface area contributed by atoms with Gasteiger partial charge in [0.15, 0.2) is 5.78 Å². The first-order valence-electron chi connectivity index (χ1n) is 9.55. The number of para-hydroxylation sites is 2. The van der Waals surface area contributed by atoms with Gasteiger partial charge in [0.2, 0.25) is 0 Å². The first kappa shape index (κ1) is 20.2. The molecule has 0 bridgehead atoms. The maximum atomic E-state index is 12.6. The van der Waals surface area contributed by atoms with Gasteiger partial charge < -0.3 is 10.1 Å². The summed E-state index contributed by atoms with van der Waals surface area (Å²) < 4.78 is 5.99.